The molecule has 154 valence electrons. The molecule has 0 spiro atoms. The van der Waals surface area contributed by atoms with Gasteiger partial charge in [-0.15, -0.1) is 0 Å². The summed E-state index contributed by atoms with van der Waals surface area (Å²) in [5, 5.41) is 3.21. The van der Waals surface area contributed by atoms with E-state index in [-0.39, 0.29) is 34.9 Å². The smallest absolute Gasteiger partial charge is 0.257 e. The van der Waals surface area contributed by atoms with Crippen LogP contribution in [0.5, 0.6) is 5.75 Å². The molecule has 7 heteroatoms. The lowest BCUT2D eigenvalue weighted by atomic mass is 9.78. The normalized spacial score (nSPS) is 22.8. The van der Waals surface area contributed by atoms with Gasteiger partial charge in [-0.1, -0.05) is 42.8 Å². The molecule has 2 aromatic carbocycles. The molecule has 0 saturated carbocycles. The van der Waals surface area contributed by atoms with Crippen molar-refractivity contribution >= 4 is 40.7 Å². The molecule has 3 amide bonds. The summed E-state index contributed by atoms with van der Waals surface area (Å²) in [6, 6.07) is 11.5. The number of nitrogens with one attached hydrogen (secondary N) is 1. The SMILES string of the molecule is COc1ccc(Cl)cc1NC(=O)c1ccccc1N1C(=O)[C@@H]2[C@H](C)C=CC[C@H]2C1=O. The van der Waals surface area contributed by atoms with Gasteiger partial charge in [-0.25, -0.2) is 4.90 Å². The van der Waals surface area contributed by atoms with E-state index in [4.69, 9.17) is 16.3 Å². The number of ether oxygens (including phenoxy) is 1. The van der Waals surface area contributed by atoms with Crippen molar-refractivity contribution in [3.05, 3.63) is 65.2 Å². The van der Waals surface area contributed by atoms with Crippen molar-refractivity contribution in [2.45, 2.75) is 13.3 Å². The molecule has 4 rings (SSSR count). The Kier molecular flexibility index (Phi) is 5.35. The van der Waals surface area contributed by atoms with Gasteiger partial charge in [0.05, 0.1) is 35.9 Å². The third kappa shape index (κ3) is 3.37. The summed E-state index contributed by atoms with van der Waals surface area (Å²) in [6.45, 7) is 1.94. The Labute approximate surface area is 179 Å². The zero-order valence-electron chi connectivity index (χ0n) is 16.6. The topological polar surface area (TPSA) is 75.7 Å². The lowest BCUT2D eigenvalue weighted by Crippen LogP contribution is -2.33. The molecule has 2 aliphatic rings. The van der Waals surface area contributed by atoms with Crippen LogP contribution in [0, 0.1) is 17.8 Å². The number of carbonyl (C=O) groups excluding carboxylic acids is 3. The lowest BCUT2D eigenvalue weighted by Gasteiger charge is -2.22. The number of nitrogens with zero attached hydrogens (tertiary/aromatic N) is 1. The fourth-order valence-electron chi connectivity index (χ4n) is 4.21. The molecule has 1 aliphatic carbocycles. The summed E-state index contributed by atoms with van der Waals surface area (Å²) >= 11 is 6.05. The molecule has 1 N–H and O–H groups in total. The number of anilines is 2. The molecule has 0 aromatic heterocycles. The Morgan fingerprint density at radius 2 is 1.93 bits per heavy atom. The monoisotopic (exact) mass is 424 g/mol. The Morgan fingerprint density at radius 1 is 1.17 bits per heavy atom. The minimum Gasteiger partial charge on any atom is -0.495 e. The van der Waals surface area contributed by atoms with E-state index in [1.807, 2.05) is 19.1 Å². The average molecular weight is 425 g/mol. The summed E-state index contributed by atoms with van der Waals surface area (Å²) < 4.78 is 5.28. The van der Waals surface area contributed by atoms with Crippen LogP contribution in [0.15, 0.2) is 54.6 Å². The highest BCUT2D eigenvalue weighted by molar-refractivity contribution is 6.31. The second-order valence-electron chi connectivity index (χ2n) is 7.48. The minimum atomic E-state index is -0.465. The Hall–Kier alpha value is -3.12. The van der Waals surface area contributed by atoms with Gasteiger partial charge in [-0.05, 0) is 42.7 Å². The number of methoxy groups -OCH3 is 1. The van der Waals surface area contributed by atoms with Gasteiger partial charge in [0, 0.05) is 5.02 Å². The predicted octanol–water partition coefficient (Wildman–Crippen LogP) is 4.30. The Balaban J connectivity index is 1.69. The number of rotatable bonds is 4. The largest absolute Gasteiger partial charge is 0.495 e. The second kappa shape index (κ2) is 7.95. The molecule has 6 nitrogen and oxygen atoms in total. The maximum absolute atomic E-state index is 13.1. The lowest BCUT2D eigenvalue weighted by molar-refractivity contribution is -0.122. The molecule has 1 aliphatic heterocycles. The van der Waals surface area contributed by atoms with Crippen LogP contribution >= 0.6 is 11.6 Å². The summed E-state index contributed by atoms with van der Waals surface area (Å²) in [4.78, 5) is 40.5. The third-order valence-electron chi connectivity index (χ3n) is 5.67. The number of imide groups is 1. The molecule has 0 radical (unpaired) electrons. The quantitative estimate of drug-likeness (QED) is 0.586. The van der Waals surface area contributed by atoms with Gasteiger partial charge in [0.1, 0.15) is 5.75 Å². The van der Waals surface area contributed by atoms with Crippen molar-refractivity contribution in [3.63, 3.8) is 0 Å². The molecule has 2 aromatic rings. The molecule has 1 saturated heterocycles. The maximum Gasteiger partial charge on any atom is 0.257 e. The van der Waals surface area contributed by atoms with Gasteiger partial charge in [-0.3, -0.25) is 14.4 Å². The number of carbonyl (C=O) groups is 3. The number of halogens is 1. The first-order chi connectivity index (χ1) is 14.4. The second-order valence-corrected chi connectivity index (χ2v) is 7.92. The van der Waals surface area contributed by atoms with E-state index in [0.29, 0.717) is 22.9 Å². The highest BCUT2D eigenvalue weighted by atomic mass is 35.5. The Bertz CT molecular complexity index is 1060. The van der Waals surface area contributed by atoms with Crippen molar-refractivity contribution in [1.29, 1.82) is 0 Å². The first-order valence-electron chi connectivity index (χ1n) is 9.70. The molecular weight excluding hydrogens is 404 g/mol. The van der Waals surface area contributed by atoms with Crippen LogP contribution in [-0.4, -0.2) is 24.8 Å². The van der Waals surface area contributed by atoms with E-state index in [2.05, 4.69) is 5.32 Å². The van der Waals surface area contributed by atoms with Gasteiger partial charge in [-0.2, -0.15) is 0 Å². The highest BCUT2D eigenvalue weighted by Crippen LogP contribution is 2.41. The fourth-order valence-corrected chi connectivity index (χ4v) is 4.39. The van der Waals surface area contributed by atoms with E-state index in [1.165, 1.54) is 12.0 Å². The van der Waals surface area contributed by atoms with E-state index >= 15 is 0 Å². The van der Waals surface area contributed by atoms with Crippen LogP contribution in [0.3, 0.4) is 0 Å². The van der Waals surface area contributed by atoms with Crippen LogP contribution in [0.2, 0.25) is 5.02 Å². The van der Waals surface area contributed by atoms with Crippen LogP contribution in [0.25, 0.3) is 0 Å². The van der Waals surface area contributed by atoms with E-state index < -0.39 is 11.8 Å². The maximum atomic E-state index is 13.1. The van der Waals surface area contributed by atoms with E-state index in [0.717, 1.165) is 0 Å². The number of allylic oxidation sites excluding steroid dienone is 2. The van der Waals surface area contributed by atoms with Gasteiger partial charge < -0.3 is 10.1 Å². The van der Waals surface area contributed by atoms with Gasteiger partial charge in [0.15, 0.2) is 0 Å². The number of fused-ring (bicyclic) bond motifs is 1. The van der Waals surface area contributed by atoms with Crippen LogP contribution < -0.4 is 15.0 Å². The average Bonchev–Trinajstić information content (AvgIpc) is 2.99. The van der Waals surface area contributed by atoms with Crippen molar-refractivity contribution in [1.82, 2.24) is 0 Å². The number of benzene rings is 2. The summed E-state index contributed by atoms with van der Waals surface area (Å²) in [6.07, 6.45) is 4.45. The van der Waals surface area contributed by atoms with Crippen LogP contribution in [-0.2, 0) is 9.59 Å². The third-order valence-corrected chi connectivity index (χ3v) is 5.91. The number of para-hydroxylation sites is 1. The van der Waals surface area contributed by atoms with Crippen molar-refractivity contribution in [2.24, 2.45) is 17.8 Å². The highest BCUT2D eigenvalue weighted by Gasteiger charge is 2.51. The summed E-state index contributed by atoms with van der Waals surface area (Å²) in [7, 11) is 1.49. The minimum absolute atomic E-state index is 0.0260. The molecule has 30 heavy (non-hydrogen) atoms. The van der Waals surface area contributed by atoms with Gasteiger partial charge in [0.2, 0.25) is 11.8 Å². The molecule has 0 bridgehead atoms. The molecule has 1 heterocycles. The van der Waals surface area contributed by atoms with Crippen molar-refractivity contribution in [3.8, 4) is 5.75 Å². The zero-order valence-corrected chi connectivity index (χ0v) is 17.3. The Morgan fingerprint density at radius 3 is 2.67 bits per heavy atom. The molecule has 0 unspecified atom stereocenters. The number of hydrogen-bond donors (Lipinski definition) is 1. The van der Waals surface area contributed by atoms with Crippen LogP contribution in [0.4, 0.5) is 11.4 Å². The van der Waals surface area contributed by atoms with Crippen LogP contribution in [0.1, 0.15) is 23.7 Å². The first kappa shape index (κ1) is 20.2. The first-order valence-corrected chi connectivity index (χ1v) is 10.1. The van der Waals surface area contributed by atoms with E-state index in [9.17, 15) is 14.4 Å². The van der Waals surface area contributed by atoms with Crippen molar-refractivity contribution < 1.29 is 19.1 Å². The number of hydrogen-bond acceptors (Lipinski definition) is 4. The van der Waals surface area contributed by atoms with E-state index in [1.54, 1.807) is 42.5 Å². The predicted molar refractivity (Wildman–Crippen MR) is 115 cm³/mol. The molecule has 3 atom stereocenters. The molecule has 1 fully saturated rings. The zero-order chi connectivity index (χ0) is 21.4. The molecular formula is C23H21ClN2O4. The van der Waals surface area contributed by atoms with Gasteiger partial charge >= 0.3 is 0 Å². The summed E-state index contributed by atoms with van der Waals surface area (Å²) in [5.74, 6) is -1.35. The van der Waals surface area contributed by atoms with Crippen molar-refractivity contribution in [2.75, 3.05) is 17.3 Å². The number of amides is 3. The standard InChI is InChI=1S/C23H21ClN2O4/c1-13-6-5-8-16-20(13)23(29)26(22(16)28)18-9-4-3-7-15(18)21(27)25-17-12-14(24)10-11-19(17)30-2/h3-7,9-13,16,20H,8H2,1-2H3,(H,25,27)/t13-,16-,20-/m1/s1. The van der Waals surface area contributed by atoms with Gasteiger partial charge in [0.25, 0.3) is 5.91 Å². The summed E-state index contributed by atoms with van der Waals surface area (Å²) in [5.41, 5.74) is 0.906. The fraction of sp³-hybridized carbons (Fsp3) is 0.261.